The fourth-order valence-corrected chi connectivity index (χ4v) is 15.3. The van der Waals surface area contributed by atoms with E-state index < -0.39 is 140 Å². The molecule has 31 nitrogen and oxygen atoms in total. The number of hydrogen-bond acceptors (Lipinski definition) is 21. The number of aliphatic carboxylic acids is 3. The van der Waals surface area contributed by atoms with Crippen molar-refractivity contribution < 1.29 is 125 Å². The summed E-state index contributed by atoms with van der Waals surface area (Å²) in [5, 5.41) is 29.8. The molecule has 10 aromatic rings. The molecule has 560 valence electrons. The maximum atomic E-state index is 16.2. The highest BCUT2D eigenvalue weighted by atomic mass is 32.2. The number of anilines is 1. The van der Waals surface area contributed by atoms with Gasteiger partial charge in [0.2, 0.25) is 5.91 Å². The number of amides is 5. The van der Waals surface area contributed by atoms with E-state index in [0.29, 0.717) is 16.0 Å². The Balaban J connectivity index is 1.15. The number of para-hydroxylation sites is 1. The molecule has 10 aromatic carbocycles. The average Bonchev–Trinajstić information content (AvgIpc) is 0.671. The molecule has 0 aliphatic carbocycles. The van der Waals surface area contributed by atoms with Crippen molar-refractivity contribution in [3.63, 3.8) is 0 Å². The molecule has 2 heterocycles. The standard InChI is InChI=1S/C73H62N4O27S4/c1-36(2)46-8-7-9-47(37(3)4)68(46)77-71(85)50-32-55(103-40-15-23-44(24-16-40)107(95,96)97)64-62-53(101-38-11-19-42(20-12-38)105(89,90)91)30-48-60-49(70(84)76(69(48)83)29-27-57(78)74-28-6-5-10-52(73(87)88)75(34-58(79)80)35-59(81)82)31-54(102-39-13-21-43(22-14-39)106(92,93)94)63(66(60)62)65-56(33-51(72(77)86)61(50)67(64)65)104-41-17-25-45(26-18-41)108(98,99)100/h7-9,11-26,30-33,36-37,52H,5-6,10,27-29,34-35H2,1-4H3,(H,74,78)(H,79,80)(H,81,82)(H,87,88)(H,89,90,91)(H,92,93,94)(H,95,96,97)(H,98,99,100). The van der Waals surface area contributed by atoms with Gasteiger partial charge in [0.05, 0.1) is 60.6 Å². The van der Waals surface area contributed by atoms with Gasteiger partial charge >= 0.3 is 17.9 Å². The van der Waals surface area contributed by atoms with Crippen molar-refractivity contribution in [1.29, 1.82) is 0 Å². The molecule has 108 heavy (non-hydrogen) atoms. The molecule has 8 N–H and O–H groups in total. The van der Waals surface area contributed by atoms with E-state index in [0.717, 1.165) is 107 Å². The van der Waals surface area contributed by atoms with E-state index >= 15 is 19.2 Å². The molecule has 0 aromatic heterocycles. The number of nitrogens with zero attached hydrogens (tertiary/aromatic N) is 3. The normalized spacial score (nSPS) is 13.7. The second kappa shape index (κ2) is 29.0. The average molecular weight is 1560 g/mol. The lowest BCUT2D eigenvalue weighted by atomic mass is 9.80. The van der Waals surface area contributed by atoms with E-state index in [4.69, 9.17) is 18.9 Å². The fourth-order valence-electron chi connectivity index (χ4n) is 13.4. The number of ether oxygens (including phenoxy) is 4. The Labute approximate surface area is 613 Å². The summed E-state index contributed by atoms with van der Waals surface area (Å²) >= 11 is 0. The summed E-state index contributed by atoms with van der Waals surface area (Å²) < 4.78 is 168. The number of imide groups is 2. The van der Waals surface area contributed by atoms with Crippen molar-refractivity contribution in [2.45, 2.75) is 90.8 Å². The number of fused-ring (bicyclic) bond motifs is 2. The third-order valence-electron chi connectivity index (χ3n) is 18.1. The molecule has 1 atom stereocenters. The van der Waals surface area contributed by atoms with E-state index in [1.54, 1.807) is 18.2 Å². The van der Waals surface area contributed by atoms with Crippen LogP contribution in [0.25, 0.3) is 43.1 Å². The van der Waals surface area contributed by atoms with Crippen LogP contribution in [0.3, 0.4) is 0 Å². The first-order valence-electron chi connectivity index (χ1n) is 32.7. The van der Waals surface area contributed by atoms with E-state index in [1.807, 2.05) is 27.7 Å². The summed E-state index contributed by atoms with van der Waals surface area (Å²) in [6.45, 7) is 4.78. The number of carbonyl (C=O) groups is 8. The topological polar surface area (TPSA) is 473 Å². The van der Waals surface area contributed by atoms with Crippen molar-refractivity contribution in [3.8, 4) is 46.0 Å². The molecular weight excluding hydrogens is 1490 g/mol. The lowest BCUT2D eigenvalue weighted by Gasteiger charge is -2.34. The molecule has 0 saturated heterocycles. The fraction of sp³-hybridized carbons (Fsp3) is 0.205. The van der Waals surface area contributed by atoms with Gasteiger partial charge in [0.15, 0.2) is 0 Å². The van der Waals surface area contributed by atoms with E-state index in [9.17, 15) is 86.4 Å². The summed E-state index contributed by atoms with van der Waals surface area (Å²) in [6.07, 6.45) is -0.734. The van der Waals surface area contributed by atoms with Crippen molar-refractivity contribution in [2.75, 3.05) is 31.1 Å². The van der Waals surface area contributed by atoms with Gasteiger partial charge in [-0.05, 0) is 164 Å². The third-order valence-corrected chi connectivity index (χ3v) is 21.6. The molecule has 35 heteroatoms. The van der Waals surface area contributed by atoms with Gasteiger partial charge < -0.3 is 39.6 Å². The highest BCUT2D eigenvalue weighted by molar-refractivity contribution is 7.86. The zero-order valence-electron chi connectivity index (χ0n) is 56.9. The Morgan fingerprint density at radius 1 is 0.435 bits per heavy atom. The predicted octanol–water partition coefficient (Wildman–Crippen LogP) is 11.1. The van der Waals surface area contributed by atoms with Crippen molar-refractivity contribution in [1.82, 2.24) is 15.1 Å². The van der Waals surface area contributed by atoms with Gasteiger partial charge in [-0.15, -0.1) is 0 Å². The number of hydrogen-bond donors (Lipinski definition) is 8. The monoisotopic (exact) mass is 1550 g/mol. The predicted molar refractivity (Wildman–Crippen MR) is 384 cm³/mol. The molecule has 12 rings (SSSR count). The summed E-state index contributed by atoms with van der Waals surface area (Å²) in [5.41, 5.74) is 0.109. The Bertz CT molecular complexity index is 5630. The zero-order chi connectivity index (χ0) is 78.1. The minimum atomic E-state index is -4.87. The molecular formula is C73H62N4O27S4. The summed E-state index contributed by atoms with van der Waals surface area (Å²) in [6, 6.07) is 25.5. The lowest BCUT2D eigenvalue weighted by molar-refractivity contribution is -0.149. The first-order chi connectivity index (χ1) is 50.8. The van der Waals surface area contributed by atoms with Gasteiger partial charge in [0.25, 0.3) is 64.1 Å². The van der Waals surface area contributed by atoms with Gasteiger partial charge in [-0.3, -0.25) is 66.4 Å². The molecule has 0 spiro atoms. The van der Waals surface area contributed by atoms with Crippen molar-refractivity contribution in [2.24, 2.45) is 0 Å². The van der Waals surface area contributed by atoms with Crippen LogP contribution in [0.5, 0.6) is 46.0 Å². The summed E-state index contributed by atoms with van der Waals surface area (Å²) in [4.78, 5) is 113. The molecule has 2 aliphatic heterocycles. The van der Waals surface area contributed by atoms with Crippen LogP contribution in [0.15, 0.2) is 159 Å². The Morgan fingerprint density at radius 2 is 0.750 bits per heavy atom. The quantitative estimate of drug-likeness (QED) is 0.00709. The number of rotatable bonds is 29. The van der Waals surface area contributed by atoms with Crippen LogP contribution in [0, 0.1) is 0 Å². The molecule has 5 amide bonds. The highest BCUT2D eigenvalue weighted by Crippen LogP contribution is 2.58. The van der Waals surface area contributed by atoms with Crippen LogP contribution in [-0.2, 0) is 59.7 Å². The summed E-state index contributed by atoms with van der Waals surface area (Å²) in [7, 11) is -19.5. The maximum Gasteiger partial charge on any atom is 0.320 e. The Kier molecular flexibility index (Phi) is 20.4. The van der Waals surface area contributed by atoms with Crippen LogP contribution in [-0.4, -0.2) is 157 Å². The van der Waals surface area contributed by atoms with Crippen LogP contribution in [0.2, 0.25) is 0 Å². The number of carboxylic acids is 3. The van der Waals surface area contributed by atoms with Crippen molar-refractivity contribution in [3.05, 3.63) is 173 Å². The van der Waals surface area contributed by atoms with E-state index in [-0.39, 0.29) is 155 Å². The maximum absolute atomic E-state index is 16.2. The van der Waals surface area contributed by atoms with E-state index in [2.05, 4.69) is 5.32 Å². The van der Waals surface area contributed by atoms with Crippen LogP contribution < -0.4 is 29.2 Å². The first-order valence-corrected chi connectivity index (χ1v) is 38.5. The second-order valence-corrected chi connectivity index (χ2v) is 31.5. The van der Waals surface area contributed by atoms with Gasteiger partial charge in [0, 0.05) is 62.6 Å². The molecule has 2 aliphatic rings. The van der Waals surface area contributed by atoms with Crippen LogP contribution in [0.1, 0.15) is 118 Å². The first kappa shape index (κ1) is 76.1. The van der Waals surface area contributed by atoms with Crippen LogP contribution in [0.4, 0.5) is 5.69 Å². The van der Waals surface area contributed by atoms with Gasteiger partial charge in [-0.25, -0.2) is 4.90 Å². The smallest absolute Gasteiger partial charge is 0.320 e. The number of nitrogens with one attached hydrogen (secondary N) is 1. The number of unbranched alkanes of at least 4 members (excludes halogenated alkanes) is 1. The van der Waals surface area contributed by atoms with Gasteiger partial charge in [-0.1, -0.05) is 45.9 Å². The van der Waals surface area contributed by atoms with E-state index in [1.165, 1.54) is 24.3 Å². The Hall–Kier alpha value is -11.5. The summed E-state index contributed by atoms with van der Waals surface area (Å²) in [5.74, 6) is -12.2. The van der Waals surface area contributed by atoms with Crippen LogP contribution >= 0.6 is 0 Å². The van der Waals surface area contributed by atoms with Gasteiger partial charge in [0.1, 0.15) is 52.0 Å². The second-order valence-electron chi connectivity index (χ2n) is 25.8. The van der Waals surface area contributed by atoms with Gasteiger partial charge in [-0.2, -0.15) is 33.7 Å². The third kappa shape index (κ3) is 14.9. The minimum Gasteiger partial charge on any atom is -0.480 e. The number of benzene rings is 10. The molecule has 1 unspecified atom stereocenters. The SMILES string of the molecule is CC(C)c1cccc(C(C)C)c1N1C(=O)c2cc(Oc3ccc(S(=O)(=O)O)cc3)c3c4c(Oc5ccc(S(=O)(=O)O)cc5)cc5c6c(cc(Oc7ccc(S(=O)(=O)O)cc7)c(c7c(Oc8ccc(S(=O)(=O)O)cc8)cc(c2c37)C1=O)c64)C(=O)N(CCC(=O)NCCCCC(C(=O)O)N(CC(=O)O)CC(=O)O)C5=O. The van der Waals surface area contributed by atoms with Crippen molar-refractivity contribution >= 4 is 137 Å². The largest absolute Gasteiger partial charge is 0.480 e. The number of carboxylic acid groups (broad SMARTS) is 3. The molecule has 0 saturated carbocycles. The highest BCUT2D eigenvalue weighted by Gasteiger charge is 2.44. The lowest BCUT2D eigenvalue weighted by Crippen LogP contribution is -2.46. The minimum absolute atomic E-state index is 0.0311. The zero-order valence-corrected chi connectivity index (χ0v) is 60.2. The molecule has 0 radical (unpaired) electrons. The number of carbonyl (C=O) groups excluding carboxylic acids is 5. The Morgan fingerprint density at radius 3 is 1.04 bits per heavy atom. The molecule has 0 bridgehead atoms. The molecule has 0 fully saturated rings.